The maximum absolute atomic E-state index is 5.23. The number of aryl methyl sites for hydroxylation is 1. The topological polar surface area (TPSA) is 50.1 Å². The molecule has 0 radical (unpaired) electrons. The first kappa shape index (κ1) is 21.5. The second-order valence-corrected chi connectivity index (χ2v) is 9.21. The first-order valence-electron chi connectivity index (χ1n) is 12.1. The van der Waals surface area contributed by atoms with Crippen LogP contribution in [-0.2, 0) is 0 Å². The Bertz CT molecular complexity index is 1450. The van der Waals surface area contributed by atoms with E-state index in [1.807, 2.05) is 24.3 Å². The van der Waals surface area contributed by atoms with Gasteiger partial charge in [-0.25, -0.2) is 4.68 Å². The minimum absolute atomic E-state index is 0.857. The molecule has 0 N–H and O–H groups in total. The number of anilines is 1. The summed E-state index contributed by atoms with van der Waals surface area (Å²) in [5, 5.41) is 15.9. The number of rotatable bonds is 4. The van der Waals surface area contributed by atoms with Crippen molar-refractivity contribution in [3.8, 4) is 28.2 Å². The SMILES string of the molecule is Cc1ccc(-n2nc3c(N4CCN(C)CC4)nnc(-c4ccccc4)c3c2-c2ccccc2)cc1. The normalized spacial score (nSPS) is 14.5. The molecule has 6 nitrogen and oxygen atoms in total. The lowest BCUT2D eigenvalue weighted by Crippen LogP contribution is -2.45. The number of hydrogen-bond donors (Lipinski definition) is 0. The highest BCUT2D eigenvalue weighted by Crippen LogP contribution is 2.39. The van der Waals surface area contributed by atoms with E-state index in [1.165, 1.54) is 5.56 Å². The predicted octanol–water partition coefficient (Wildman–Crippen LogP) is 5.21. The van der Waals surface area contributed by atoms with Gasteiger partial charge in [0.2, 0.25) is 0 Å². The highest BCUT2D eigenvalue weighted by molar-refractivity contribution is 6.06. The van der Waals surface area contributed by atoms with Gasteiger partial charge in [0.25, 0.3) is 0 Å². The van der Waals surface area contributed by atoms with Crippen molar-refractivity contribution in [1.29, 1.82) is 0 Å². The van der Waals surface area contributed by atoms with Crippen molar-refractivity contribution in [2.75, 3.05) is 38.1 Å². The molecule has 0 unspecified atom stereocenters. The van der Waals surface area contributed by atoms with Crippen LogP contribution in [-0.4, -0.2) is 58.1 Å². The summed E-state index contributed by atoms with van der Waals surface area (Å²) in [6.45, 7) is 5.90. The van der Waals surface area contributed by atoms with Gasteiger partial charge in [-0.2, -0.15) is 5.10 Å². The van der Waals surface area contributed by atoms with Gasteiger partial charge < -0.3 is 9.80 Å². The molecule has 6 rings (SSSR count). The van der Waals surface area contributed by atoms with Crippen LogP contribution in [0.4, 0.5) is 5.82 Å². The molecule has 0 atom stereocenters. The summed E-state index contributed by atoms with van der Waals surface area (Å²) in [5.74, 6) is 0.857. The minimum atomic E-state index is 0.857. The molecule has 0 aliphatic carbocycles. The standard InChI is InChI=1S/C29H28N6/c1-21-13-15-24(16-14-21)35-28(23-11-7-4-8-12-23)25-26(22-9-5-3-6-10-22)30-31-29(27(25)32-35)34-19-17-33(2)18-20-34/h3-16H,17-20H2,1-2H3. The third-order valence-corrected chi connectivity index (χ3v) is 6.75. The van der Waals surface area contributed by atoms with Gasteiger partial charge >= 0.3 is 0 Å². The summed E-state index contributed by atoms with van der Waals surface area (Å²) in [7, 11) is 2.16. The van der Waals surface area contributed by atoms with Gasteiger partial charge in [-0.3, -0.25) is 0 Å². The van der Waals surface area contributed by atoms with Gasteiger partial charge in [0, 0.05) is 37.3 Å². The summed E-state index contributed by atoms with van der Waals surface area (Å²) >= 11 is 0. The molecule has 1 saturated heterocycles. The summed E-state index contributed by atoms with van der Waals surface area (Å²) in [4.78, 5) is 4.67. The second-order valence-electron chi connectivity index (χ2n) is 9.21. The van der Waals surface area contributed by atoms with Crippen LogP contribution in [0.1, 0.15) is 5.56 Å². The number of benzene rings is 3. The highest BCUT2D eigenvalue weighted by atomic mass is 15.4. The molecule has 2 aromatic heterocycles. The molecule has 0 spiro atoms. The molecule has 35 heavy (non-hydrogen) atoms. The van der Waals surface area contributed by atoms with Crippen LogP contribution >= 0.6 is 0 Å². The molecule has 0 bridgehead atoms. The quantitative estimate of drug-likeness (QED) is 0.369. The van der Waals surface area contributed by atoms with E-state index in [9.17, 15) is 0 Å². The van der Waals surface area contributed by atoms with Crippen molar-refractivity contribution in [3.63, 3.8) is 0 Å². The van der Waals surface area contributed by atoms with E-state index in [4.69, 9.17) is 15.3 Å². The van der Waals surface area contributed by atoms with Crippen LogP contribution in [0, 0.1) is 6.92 Å². The Kier molecular flexibility index (Phi) is 5.51. The smallest absolute Gasteiger partial charge is 0.179 e. The van der Waals surface area contributed by atoms with E-state index < -0.39 is 0 Å². The zero-order valence-electron chi connectivity index (χ0n) is 20.1. The van der Waals surface area contributed by atoms with Gasteiger partial charge in [-0.1, -0.05) is 78.4 Å². The van der Waals surface area contributed by atoms with E-state index in [-0.39, 0.29) is 0 Å². The van der Waals surface area contributed by atoms with E-state index in [0.717, 1.165) is 71.1 Å². The lowest BCUT2D eigenvalue weighted by molar-refractivity contribution is 0.312. The maximum Gasteiger partial charge on any atom is 0.179 e. The Morgan fingerprint density at radius 1 is 0.686 bits per heavy atom. The molecular weight excluding hydrogens is 432 g/mol. The van der Waals surface area contributed by atoms with Crippen LogP contribution in [0.15, 0.2) is 84.9 Å². The third kappa shape index (κ3) is 3.96. The summed E-state index contributed by atoms with van der Waals surface area (Å²) in [5.41, 5.74) is 7.17. The van der Waals surface area contributed by atoms with E-state index >= 15 is 0 Å². The van der Waals surface area contributed by atoms with Crippen LogP contribution in [0.2, 0.25) is 0 Å². The van der Waals surface area contributed by atoms with Crippen LogP contribution in [0.3, 0.4) is 0 Å². The number of likely N-dealkylation sites (N-methyl/N-ethyl adjacent to an activating group) is 1. The van der Waals surface area contributed by atoms with Gasteiger partial charge in [0.1, 0.15) is 11.2 Å². The average molecular weight is 461 g/mol. The first-order valence-corrected chi connectivity index (χ1v) is 12.1. The zero-order valence-corrected chi connectivity index (χ0v) is 20.1. The van der Waals surface area contributed by atoms with Crippen LogP contribution in [0.5, 0.6) is 0 Å². The third-order valence-electron chi connectivity index (χ3n) is 6.75. The van der Waals surface area contributed by atoms with Gasteiger partial charge in [0.15, 0.2) is 5.82 Å². The Hall–Kier alpha value is -4.03. The van der Waals surface area contributed by atoms with Gasteiger partial charge in [0.05, 0.1) is 16.8 Å². The molecule has 0 amide bonds. The number of piperazine rings is 1. The number of nitrogens with zero attached hydrogens (tertiary/aromatic N) is 6. The number of aromatic nitrogens is 4. The Balaban J connectivity index is 1.68. The van der Waals surface area contributed by atoms with Crippen LogP contribution < -0.4 is 4.90 Å². The molecule has 1 fully saturated rings. The van der Waals surface area contributed by atoms with Crippen molar-refractivity contribution in [3.05, 3.63) is 90.5 Å². The monoisotopic (exact) mass is 460 g/mol. The fourth-order valence-corrected chi connectivity index (χ4v) is 4.76. The molecular formula is C29H28N6. The lowest BCUT2D eigenvalue weighted by atomic mass is 10.0. The van der Waals surface area contributed by atoms with E-state index in [2.05, 4.69) is 89.1 Å². The van der Waals surface area contributed by atoms with E-state index in [0.29, 0.717) is 0 Å². The summed E-state index contributed by atoms with van der Waals surface area (Å²) < 4.78 is 2.06. The van der Waals surface area contributed by atoms with Crippen molar-refractivity contribution in [2.45, 2.75) is 6.92 Å². The summed E-state index contributed by atoms with van der Waals surface area (Å²) in [6, 6.07) is 29.3. The molecule has 0 saturated carbocycles. The second kappa shape index (κ2) is 8.96. The Morgan fingerprint density at radius 2 is 1.31 bits per heavy atom. The molecule has 1 aliphatic heterocycles. The van der Waals surface area contributed by atoms with Crippen LogP contribution in [0.25, 0.3) is 39.1 Å². The van der Waals surface area contributed by atoms with Gasteiger partial charge in [-0.15, -0.1) is 10.2 Å². The molecule has 3 aromatic carbocycles. The first-order chi connectivity index (χ1) is 17.2. The van der Waals surface area contributed by atoms with E-state index in [1.54, 1.807) is 0 Å². The Morgan fingerprint density at radius 3 is 1.97 bits per heavy atom. The summed E-state index contributed by atoms with van der Waals surface area (Å²) in [6.07, 6.45) is 0. The molecule has 5 aromatic rings. The average Bonchev–Trinajstić information content (AvgIpc) is 3.31. The van der Waals surface area contributed by atoms with Crippen molar-refractivity contribution < 1.29 is 0 Å². The Labute approximate surface area is 205 Å². The van der Waals surface area contributed by atoms with Crippen molar-refractivity contribution in [2.24, 2.45) is 0 Å². The van der Waals surface area contributed by atoms with Crippen molar-refractivity contribution in [1.82, 2.24) is 24.9 Å². The largest absolute Gasteiger partial charge is 0.351 e. The molecule has 174 valence electrons. The number of hydrogen-bond acceptors (Lipinski definition) is 5. The lowest BCUT2D eigenvalue weighted by Gasteiger charge is -2.33. The zero-order chi connectivity index (χ0) is 23.8. The highest BCUT2D eigenvalue weighted by Gasteiger charge is 2.26. The molecule has 6 heteroatoms. The maximum atomic E-state index is 5.23. The van der Waals surface area contributed by atoms with Crippen molar-refractivity contribution >= 4 is 16.7 Å². The molecule has 3 heterocycles. The fourth-order valence-electron chi connectivity index (χ4n) is 4.76. The minimum Gasteiger partial charge on any atom is -0.351 e. The van der Waals surface area contributed by atoms with Gasteiger partial charge in [-0.05, 0) is 26.1 Å². The predicted molar refractivity (Wildman–Crippen MR) is 142 cm³/mol. The molecule has 1 aliphatic rings. The fraction of sp³-hybridized carbons (Fsp3) is 0.207. The number of fused-ring (bicyclic) bond motifs is 1.